The Morgan fingerprint density at radius 3 is 3.04 bits per heavy atom. The molecule has 1 amide bonds. The van der Waals surface area contributed by atoms with E-state index in [0.29, 0.717) is 23.8 Å². The summed E-state index contributed by atoms with van der Waals surface area (Å²) in [5.74, 6) is 0.326. The van der Waals surface area contributed by atoms with Gasteiger partial charge in [-0.1, -0.05) is 29.8 Å². The fourth-order valence-corrected chi connectivity index (χ4v) is 3.43. The molecular weight excluding hydrogens is 312 g/mol. The zero-order chi connectivity index (χ0) is 17.6. The number of amides is 1. The molecule has 1 aliphatic rings. The van der Waals surface area contributed by atoms with Crippen LogP contribution in [0.4, 0.5) is 5.69 Å². The Labute approximate surface area is 149 Å². The van der Waals surface area contributed by atoms with Gasteiger partial charge < -0.3 is 11.1 Å². The molecule has 0 bridgehead atoms. The standard InChI is InChI=1S/C20H26N4O/c1-15-4-2-5-16(10-15)13-24-9-3-6-17(14-24)12-23-20(25)19-11-18(21)7-8-22-19/h2,4-5,7-8,10-11,17H,3,6,9,12-14H2,1H3,(H2,21,22)(H,23,25)/t17-/m0/s1. The van der Waals surface area contributed by atoms with Crippen LogP contribution in [0, 0.1) is 12.8 Å². The molecule has 1 atom stereocenters. The van der Waals surface area contributed by atoms with E-state index in [1.165, 1.54) is 17.5 Å². The van der Waals surface area contributed by atoms with Crippen molar-refractivity contribution in [2.45, 2.75) is 26.3 Å². The van der Waals surface area contributed by atoms with Gasteiger partial charge >= 0.3 is 0 Å². The maximum absolute atomic E-state index is 12.2. The van der Waals surface area contributed by atoms with Crippen LogP contribution in [0.5, 0.6) is 0 Å². The van der Waals surface area contributed by atoms with Gasteiger partial charge in [0.1, 0.15) is 5.69 Å². The van der Waals surface area contributed by atoms with E-state index in [0.717, 1.165) is 26.1 Å². The van der Waals surface area contributed by atoms with Crippen molar-refractivity contribution < 1.29 is 4.79 Å². The van der Waals surface area contributed by atoms with Gasteiger partial charge in [-0.25, -0.2) is 0 Å². The van der Waals surface area contributed by atoms with E-state index in [1.807, 2.05) is 0 Å². The first kappa shape index (κ1) is 17.4. The highest BCUT2D eigenvalue weighted by atomic mass is 16.1. The van der Waals surface area contributed by atoms with Crippen LogP contribution in [-0.4, -0.2) is 35.4 Å². The first-order valence-corrected chi connectivity index (χ1v) is 8.88. The number of pyridine rings is 1. The molecule has 132 valence electrons. The molecule has 3 N–H and O–H groups in total. The van der Waals surface area contributed by atoms with Crippen LogP contribution >= 0.6 is 0 Å². The fraction of sp³-hybridized carbons (Fsp3) is 0.400. The number of aryl methyl sites for hydroxylation is 1. The number of anilines is 1. The number of nitrogens with zero attached hydrogens (tertiary/aromatic N) is 2. The summed E-state index contributed by atoms with van der Waals surface area (Å²) in [5.41, 5.74) is 9.30. The van der Waals surface area contributed by atoms with E-state index < -0.39 is 0 Å². The van der Waals surface area contributed by atoms with E-state index in [4.69, 9.17) is 5.73 Å². The minimum Gasteiger partial charge on any atom is -0.399 e. The largest absolute Gasteiger partial charge is 0.399 e. The number of nitrogens with two attached hydrogens (primary N) is 1. The van der Waals surface area contributed by atoms with Gasteiger partial charge in [-0.05, 0) is 49.9 Å². The summed E-state index contributed by atoms with van der Waals surface area (Å²) < 4.78 is 0. The van der Waals surface area contributed by atoms with E-state index in [9.17, 15) is 4.79 Å². The maximum Gasteiger partial charge on any atom is 0.269 e. The molecule has 0 saturated carbocycles. The second-order valence-electron chi connectivity index (χ2n) is 6.92. The topological polar surface area (TPSA) is 71.2 Å². The third kappa shape index (κ3) is 5.03. The molecule has 0 aliphatic carbocycles. The van der Waals surface area contributed by atoms with Crippen molar-refractivity contribution in [3.05, 3.63) is 59.4 Å². The highest BCUT2D eigenvalue weighted by Crippen LogP contribution is 2.18. The molecule has 5 heteroatoms. The molecule has 1 aromatic heterocycles. The van der Waals surface area contributed by atoms with Gasteiger partial charge in [-0.15, -0.1) is 0 Å². The highest BCUT2D eigenvalue weighted by molar-refractivity contribution is 5.92. The van der Waals surface area contributed by atoms with Crippen molar-refractivity contribution in [3.8, 4) is 0 Å². The second-order valence-corrected chi connectivity index (χ2v) is 6.92. The molecular formula is C20H26N4O. The molecule has 1 aliphatic heterocycles. The maximum atomic E-state index is 12.2. The zero-order valence-electron chi connectivity index (χ0n) is 14.7. The molecule has 25 heavy (non-hydrogen) atoms. The Morgan fingerprint density at radius 1 is 1.36 bits per heavy atom. The van der Waals surface area contributed by atoms with Crippen molar-refractivity contribution in [2.24, 2.45) is 5.92 Å². The summed E-state index contributed by atoms with van der Waals surface area (Å²) >= 11 is 0. The number of hydrogen-bond donors (Lipinski definition) is 2. The second kappa shape index (κ2) is 8.12. The number of nitrogen functional groups attached to an aromatic ring is 1. The Morgan fingerprint density at radius 2 is 2.24 bits per heavy atom. The van der Waals surface area contributed by atoms with Crippen LogP contribution in [0.15, 0.2) is 42.6 Å². The van der Waals surface area contributed by atoms with Crippen LogP contribution in [0.3, 0.4) is 0 Å². The zero-order valence-corrected chi connectivity index (χ0v) is 14.7. The van der Waals surface area contributed by atoms with Crippen LogP contribution in [0.25, 0.3) is 0 Å². The number of carbonyl (C=O) groups excluding carboxylic acids is 1. The molecule has 5 nitrogen and oxygen atoms in total. The van der Waals surface area contributed by atoms with Gasteiger partial charge in [0, 0.05) is 31.5 Å². The van der Waals surface area contributed by atoms with Crippen molar-refractivity contribution >= 4 is 11.6 Å². The van der Waals surface area contributed by atoms with Crippen LogP contribution in [0.1, 0.15) is 34.5 Å². The van der Waals surface area contributed by atoms with Crippen molar-refractivity contribution in [1.29, 1.82) is 0 Å². The number of benzene rings is 1. The molecule has 0 radical (unpaired) electrons. The lowest BCUT2D eigenvalue weighted by atomic mass is 9.97. The van der Waals surface area contributed by atoms with Gasteiger partial charge in [0.05, 0.1) is 0 Å². The minimum atomic E-state index is -0.150. The quantitative estimate of drug-likeness (QED) is 0.879. The molecule has 1 aromatic carbocycles. The summed E-state index contributed by atoms with van der Waals surface area (Å²) in [7, 11) is 0. The number of hydrogen-bond acceptors (Lipinski definition) is 4. The summed E-state index contributed by atoms with van der Waals surface area (Å²) in [6.07, 6.45) is 3.88. The lowest BCUT2D eigenvalue weighted by molar-refractivity contribution is 0.0925. The van der Waals surface area contributed by atoms with Crippen LogP contribution in [-0.2, 0) is 6.54 Å². The van der Waals surface area contributed by atoms with Gasteiger partial charge in [0.2, 0.25) is 0 Å². The van der Waals surface area contributed by atoms with E-state index in [2.05, 4.69) is 46.4 Å². The fourth-order valence-electron chi connectivity index (χ4n) is 3.43. The number of likely N-dealkylation sites (tertiary alicyclic amines) is 1. The van der Waals surface area contributed by atoms with Crippen molar-refractivity contribution in [1.82, 2.24) is 15.2 Å². The number of nitrogens with one attached hydrogen (secondary N) is 1. The summed E-state index contributed by atoms with van der Waals surface area (Å²) in [6.45, 7) is 5.92. The molecule has 0 unspecified atom stereocenters. The molecule has 2 heterocycles. The number of piperidine rings is 1. The lowest BCUT2D eigenvalue weighted by Crippen LogP contribution is -2.40. The predicted octanol–water partition coefficient (Wildman–Crippen LogP) is 2.61. The Balaban J connectivity index is 1.50. The van der Waals surface area contributed by atoms with E-state index >= 15 is 0 Å². The first-order valence-electron chi connectivity index (χ1n) is 8.88. The molecule has 0 spiro atoms. The smallest absolute Gasteiger partial charge is 0.269 e. The third-order valence-electron chi connectivity index (χ3n) is 4.66. The molecule has 1 saturated heterocycles. The lowest BCUT2D eigenvalue weighted by Gasteiger charge is -2.32. The van der Waals surface area contributed by atoms with Gasteiger partial charge in [0.15, 0.2) is 0 Å². The molecule has 1 fully saturated rings. The SMILES string of the molecule is Cc1cccc(CN2CCC[C@@H](CNC(=O)c3cc(N)ccn3)C2)c1. The van der Waals surface area contributed by atoms with Crippen LogP contribution in [0.2, 0.25) is 0 Å². The molecule has 3 rings (SSSR count). The summed E-state index contributed by atoms with van der Waals surface area (Å²) in [4.78, 5) is 18.8. The molecule has 2 aromatic rings. The number of aromatic nitrogens is 1. The van der Waals surface area contributed by atoms with Crippen molar-refractivity contribution in [3.63, 3.8) is 0 Å². The Hall–Kier alpha value is -2.40. The number of rotatable bonds is 5. The Kier molecular flexibility index (Phi) is 5.66. The van der Waals surface area contributed by atoms with Gasteiger partial charge in [0.25, 0.3) is 5.91 Å². The highest BCUT2D eigenvalue weighted by Gasteiger charge is 2.21. The average Bonchev–Trinajstić information content (AvgIpc) is 2.60. The summed E-state index contributed by atoms with van der Waals surface area (Å²) in [5, 5.41) is 3.01. The normalized spacial score (nSPS) is 18.0. The van der Waals surface area contributed by atoms with E-state index in [-0.39, 0.29) is 5.91 Å². The predicted molar refractivity (Wildman–Crippen MR) is 100 cm³/mol. The van der Waals surface area contributed by atoms with Gasteiger partial charge in [-0.2, -0.15) is 0 Å². The first-order chi connectivity index (χ1) is 12.1. The minimum absolute atomic E-state index is 0.150. The Bertz CT molecular complexity index is 731. The van der Waals surface area contributed by atoms with Gasteiger partial charge in [-0.3, -0.25) is 14.7 Å². The third-order valence-corrected chi connectivity index (χ3v) is 4.66. The van der Waals surface area contributed by atoms with Crippen molar-refractivity contribution in [2.75, 3.05) is 25.4 Å². The van der Waals surface area contributed by atoms with E-state index in [1.54, 1.807) is 18.3 Å². The summed E-state index contributed by atoms with van der Waals surface area (Å²) in [6, 6.07) is 12.0. The van der Waals surface area contributed by atoms with Crippen LogP contribution < -0.4 is 11.1 Å². The number of carbonyl (C=O) groups is 1. The monoisotopic (exact) mass is 338 g/mol. The average molecular weight is 338 g/mol.